The molecule has 1 atom stereocenters. The van der Waals surface area contributed by atoms with E-state index in [4.69, 9.17) is 23.9 Å². The van der Waals surface area contributed by atoms with E-state index in [0.717, 1.165) is 82.8 Å². The van der Waals surface area contributed by atoms with E-state index in [1.54, 1.807) is 0 Å². The number of rotatable bonds is 6. The molecule has 1 aromatic carbocycles. The molecule has 0 bridgehead atoms. The summed E-state index contributed by atoms with van der Waals surface area (Å²) in [6.45, 7) is 8.20. The third-order valence-corrected chi connectivity index (χ3v) is 6.22. The molecule has 2 fully saturated rings. The van der Waals surface area contributed by atoms with E-state index >= 15 is 0 Å². The first kappa shape index (κ1) is 20.3. The quantitative estimate of drug-likeness (QED) is 0.581. The highest BCUT2D eigenvalue weighted by atomic mass is 16.7. The SMILES string of the molecule is CCNC(=NCC1(c2ccc3c(c2)OCO3)CCOCC1)N(C)CC1CCOC1. The number of hydrogen-bond acceptors (Lipinski definition) is 5. The van der Waals surface area contributed by atoms with Crippen molar-refractivity contribution in [3.05, 3.63) is 23.8 Å². The van der Waals surface area contributed by atoms with Gasteiger partial charge in [0.05, 0.1) is 13.2 Å². The molecule has 160 valence electrons. The lowest BCUT2D eigenvalue weighted by Crippen LogP contribution is -2.43. The molecule has 1 N–H and O–H groups in total. The van der Waals surface area contributed by atoms with Crippen molar-refractivity contribution in [2.75, 3.05) is 59.9 Å². The number of ether oxygens (including phenoxy) is 4. The average molecular weight is 404 g/mol. The molecule has 0 spiro atoms. The number of nitrogens with one attached hydrogen (secondary N) is 1. The third kappa shape index (κ3) is 4.61. The van der Waals surface area contributed by atoms with Crippen LogP contribution in [0.5, 0.6) is 11.5 Å². The average Bonchev–Trinajstić information content (AvgIpc) is 3.43. The molecule has 0 aromatic heterocycles. The lowest BCUT2D eigenvalue weighted by atomic mass is 9.74. The Hall–Kier alpha value is -1.99. The largest absolute Gasteiger partial charge is 0.454 e. The van der Waals surface area contributed by atoms with E-state index in [1.807, 2.05) is 6.07 Å². The number of fused-ring (bicyclic) bond motifs is 1. The predicted octanol–water partition coefficient (Wildman–Crippen LogP) is 2.40. The van der Waals surface area contributed by atoms with Crippen molar-refractivity contribution in [2.24, 2.45) is 10.9 Å². The summed E-state index contributed by atoms with van der Waals surface area (Å²) >= 11 is 0. The van der Waals surface area contributed by atoms with Crippen LogP contribution in [0.3, 0.4) is 0 Å². The minimum absolute atomic E-state index is 0.0444. The number of guanidine groups is 1. The van der Waals surface area contributed by atoms with E-state index in [0.29, 0.717) is 12.7 Å². The number of hydrogen-bond donors (Lipinski definition) is 1. The summed E-state index contributed by atoms with van der Waals surface area (Å²) in [5.74, 6) is 3.20. The van der Waals surface area contributed by atoms with E-state index in [9.17, 15) is 0 Å². The van der Waals surface area contributed by atoms with Crippen LogP contribution in [0, 0.1) is 5.92 Å². The minimum atomic E-state index is -0.0444. The molecule has 3 heterocycles. The second-order valence-corrected chi connectivity index (χ2v) is 8.24. The fourth-order valence-corrected chi connectivity index (χ4v) is 4.42. The molecule has 7 heteroatoms. The van der Waals surface area contributed by atoms with Gasteiger partial charge in [-0.1, -0.05) is 6.07 Å². The number of nitrogens with zero attached hydrogens (tertiary/aromatic N) is 2. The first-order valence-corrected chi connectivity index (χ1v) is 10.8. The Morgan fingerprint density at radius 2 is 2.00 bits per heavy atom. The number of benzene rings is 1. The molecule has 0 saturated carbocycles. The van der Waals surface area contributed by atoms with Crippen molar-refractivity contribution in [3.63, 3.8) is 0 Å². The summed E-state index contributed by atoms with van der Waals surface area (Å²) in [6.07, 6.45) is 3.04. The Morgan fingerprint density at radius 3 is 2.76 bits per heavy atom. The summed E-state index contributed by atoms with van der Waals surface area (Å²) in [7, 11) is 2.12. The Balaban J connectivity index is 1.54. The molecule has 7 nitrogen and oxygen atoms in total. The smallest absolute Gasteiger partial charge is 0.231 e. The van der Waals surface area contributed by atoms with Gasteiger partial charge < -0.3 is 29.2 Å². The predicted molar refractivity (Wildman–Crippen MR) is 112 cm³/mol. The van der Waals surface area contributed by atoms with Crippen molar-refractivity contribution < 1.29 is 18.9 Å². The maximum atomic E-state index is 5.68. The number of aliphatic imine (C=N–C) groups is 1. The van der Waals surface area contributed by atoms with Gasteiger partial charge >= 0.3 is 0 Å². The zero-order valence-electron chi connectivity index (χ0n) is 17.6. The van der Waals surface area contributed by atoms with Gasteiger partial charge in [-0.25, -0.2) is 0 Å². The minimum Gasteiger partial charge on any atom is -0.454 e. The Bertz CT molecular complexity index is 712. The molecule has 0 radical (unpaired) electrons. The van der Waals surface area contributed by atoms with Crippen molar-refractivity contribution in [1.29, 1.82) is 0 Å². The van der Waals surface area contributed by atoms with Crippen LogP contribution in [0.1, 0.15) is 31.7 Å². The van der Waals surface area contributed by atoms with Gasteiger partial charge in [-0.3, -0.25) is 4.99 Å². The van der Waals surface area contributed by atoms with Gasteiger partial charge in [0, 0.05) is 51.3 Å². The van der Waals surface area contributed by atoms with Crippen molar-refractivity contribution in [1.82, 2.24) is 10.2 Å². The van der Waals surface area contributed by atoms with Gasteiger partial charge in [-0.2, -0.15) is 0 Å². The molecule has 1 aromatic rings. The van der Waals surface area contributed by atoms with E-state index in [1.165, 1.54) is 5.56 Å². The molecule has 1 unspecified atom stereocenters. The molecule has 3 aliphatic heterocycles. The van der Waals surface area contributed by atoms with E-state index in [-0.39, 0.29) is 5.41 Å². The van der Waals surface area contributed by atoms with Gasteiger partial charge in [-0.05, 0) is 43.9 Å². The maximum absolute atomic E-state index is 5.68. The molecule has 0 amide bonds. The van der Waals surface area contributed by atoms with Crippen LogP contribution in [0.15, 0.2) is 23.2 Å². The summed E-state index contributed by atoms with van der Waals surface area (Å²) in [4.78, 5) is 7.33. The van der Waals surface area contributed by atoms with Gasteiger partial charge in [0.2, 0.25) is 6.79 Å². The first-order valence-electron chi connectivity index (χ1n) is 10.8. The summed E-state index contributed by atoms with van der Waals surface area (Å²) in [5, 5.41) is 3.47. The zero-order valence-corrected chi connectivity index (χ0v) is 17.6. The molecular formula is C22H33N3O4. The van der Waals surface area contributed by atoms with E-state index in [2.05, 4.69) is 36.3 Å². The summed E-state index contributed by atoms with van der Waals surface area (Å²) < 4.78 is 22.4. The van der Waals surface area contributed by atoms with Crippen LogP contribution in [0.4, 0.5) is 0 Å². The second kappa shape index (κ2) is 9.22. The molecule has 2 saturated heterocycles. The van der Waals surface area contributed by atoms with Gasteiger partial charge in [0.1, 0.15) is 0 Å². The van der Waals surface area contributed by atoms with Crippen LogP contribution in [-0.2, 0) is 14.9 Å². The third-order valence-electron chi connectivity index (χ3n) is 6.22. The lowest BCUT2D eigenvalue weighted by molar-refractivity contribution is 0.0529. The van der Waals surface area contributed by atoms with Crippen LogP contribution >= 0.6 is 0 Å². The second-order valence-electron chi connectivity index (χ2n) is 8.24. The Kier molecular flexibility index (Phi) is 6.45. The van der Waals surface area contributed by atoms with Crippen molar-refractivity contribution >= 4 is 5.96 Å². The first-order chi connectivity index (χ1) is 14.2. The van der Waals surface area contributed by atoms with Gasteiger partial charge in [0.15, 0.2) is 17.5 Å². The van der Waals surface area contributed by atoms with E-state index < -0.39 is 0 Å². The summed E-state index contributed by atoms with van der Waals surface area (Å²) in [6, 6.07) is 6.33. The highest BCUT2D eigenvalue weighted by Gasteiger charge is 2.36. The molecule has 29 heavy (non-hydrogen) atoms. The van der Waals surface area contributed by atoms with Gasteiger partial charge in [0.25, 0.3) is 0 Å². The topological polar surface area (TPSA) is 64.6 Å². The van der Waals surface area contributed by atoms with Crippen molar-refractivity contribution in [3.8, 4) is 11.5 Å². The van der Waals surface area contributed by atoms with Crippen LogP contribution < -0.4 is 14.8 Å². The molecule has 3 aliphatic rings. The fraction of sp³-hybridized carbons (Fsp3) is 0.682. The molecule has 4 rings (SSSR count). The zero-order chi connectivity index (χ0) is 20.1. The molecular weight excluding hydrogens is 370 g/mol. The summed E-state index contributed by atoms with van der Waals surface area (Å²) in [5.41, 5.74) is 1.22. The van der Waals surface area contributed by atoms with Crippen LogP contribution in [0.2, 0.25) is 0 Å². The Morgan fingerprint density at radius 1 is 1.17 bits per heavy atom. The molecule has 0 aliphatic carbocycles. The maximum Gasteiger partial charge on any atom is 0.231 e. The lowest BCUT2D eigenvalue weighted by Gasteiger charge is -2.37. The van der Waals surface area contributed by atoms with Crippen LogP contribution in [0.25, 0.3) is 0 Å². The highest BCUT2D eigenvalue weighted by molar-refractivity contribution is 5.79. The van der Waals surface area contributed by atoms with Crippen molar-refractivity contribution in [2.45, 2.75) is 31.6 Å². The Labute approximate surface area is 173 Å². The monoisotopic (exact) mass is 403 g/mol. The highest BCUT2D eigenvalue weighted by Crippen LogP contribution is 2.41. The fourth-order valence-electron chi connectivity index (χ4n) is 4.42. The van der Waals surface area contributed by atoms with Crippen LogP contribution in [-0.4, -0.2) is 70.8 Å². The van der Waals surface area contributed by atoms with Gasteiger partial charge in [-0.15, -0.1) is 0 Å². The normalized spacial score (nSPS) is 23.2. The standard InChI is InChI=1S/C22H33N3O4/c1-3-23-21(25(2)13-17-6-9-27-14-17)24-15-22(7-10-26-11-8-22)18-4-5-19-20(12-18)29-16-28-19/h4-5,12,17H,3,6-11,13-16H2,1-2H3,(H,23,24).